The maximum atomic E-state index is 5.18. The summed E-state index contributed by atoms with van der Waals surface area (Å²) in [7, 11) is 1.61. The van der Waals surface area contributed by atoms with Crippen LogP contribution < -0.4 is 9.64 Å². The molecule has 0 saturated carbocycles. The molecule has 0 N–H and O–H groups in total. The van der Waals surface area contributed by atoms with Crippen molar-refractivity contribution < 1.29 is 4.74 Å². The van der Waals surface area contributed by atoms with Gasteiger partial charge in [-0.2, -0.15) is 4.98 Å². The quantitative estimate of drug-likeness (QED) is 0.845. The van der Waals surface area contributed by atoms with Crippen molar-refractivity contribution in [2.45, 2.75) is 20.8 Å². The summed E-state index contributed by atoms with van der Waals surface area (Å²) < 4.78 is 6.00. The highest BCUT2D eigenvalue weighted by molar-refractivity contribution is 9.10. The van der Waals surface area contributed by atoms with Gasteiger partial charge >= 0.3 is 0 Å². The van der Waals surface area contributed by atoms with Crippen LogP contribution in [0.25, 0.3) is 0 Å². The Hall–Kier alpha value is -0.840. The first-order chi connectivity index (χ1) is 7.13. The van der Waals surface area contributed by atoms with Gasteiger partial charge in [-0.1, -0.05) is 0 Å². The molecule has 0 aliphatic heterocycles. The molecule has 84 valence electrons. The third-order valence-corrected chi connectivity index (χ3v) is 3.13. The van der Waals surface area contributed by atoms with E-state index in [1.165, 1.54) is 0 Å². The Labute approximate surface area is 98.8 Å². The zero-order valence-corrected chi connectivity index (χ0v) is 11.1. The molecule has 0 bridgehead atoms. The molecule has 4 nitrogen and oxygen atoms in total. The largest absolute Gasteiger partial charge is 0.480 e. The lowest BCUT2D eigenvalue weighted by molar-refractivity contribution is 0.393. The van der Waals surface area contributed by atoms with E-state index in [0.29, 0.717) is 5.88 Å². The maximum absolute atomic E-state index is 5.18. The lowest BCUT2D eigenvalue weighted by Gasteiger charge is -2.19. The van der Waals surface area contributed by atoms with E-state index < -0.39 is 0 Å². The summed E-state index contributed by atoms with van der Waals surface area (Å²) in [5.41, 5.74) is 0.892. The van der Waals surface area contributed by atoms with Gasteiger partial charge in [0.25, 0.3) is 0 Å². The van der Waals surface area contributed by atoms with E-state index in [0.717, 1.165) is 29.2 Å². The predicted molar refractivity (Wildman–Crippen MR) is 64.6 cm³/mol. The third kappa shape index (κ3) is 2.59. The Balaban J connectivity index is 3.15. The molecule has 0 atom stereocenters. The summed E-state index contributed by atoms with van der Waals surface area (Å²) in [4.78, 5) is 10.8. The van der Waals surface area contributed by atoms with E-state index in [9.17, 15) is 0 Å². The van der Waals surface area contributed by atoms with Gasteiger partial charge in [0.15, 0.2) is 0 Å². The van der Waals surface area contributed by atoms with Crippen LogP contribution in [0.2, 0.25) is 0 Å². The maximum Gasteiger partial charge on any atom is 0.232 e. The minimum absolute atomic E-state index is 0.587. The van der Waals surface area contributed by atoms with Gasteiger partial charge in [0.05, 0.1) is 12.8 Å². The topological polar surface area (TPSA) is 38.2 Å². The van der Waals surface area contributed by atoms with Gasteiger partial charge in [-0.15, -0.1) is 0 Å². The molecular formula is C10H16BrN3O. The molecule has 0 aliphatic carbocycles. The Kier molecular flexibility index (Phi) is 4.32. The number of rotatable bonds is 4. The summed E-state index contributed by atoms with van der Waals surface area (Å²) in [6, 6.07) is 0. The average Bonchev–Trinajstić information content (AvgIpc) is 2.24. The predicted octanol–water partition coefficient (Wildman–Crippen LogP) is 2.40. The van der Waals surface area contributed by atoms with Crippen LogP contribution in [0.5, 0.6) is 5.88 Å². The van der Waals surface area contributed by atoms with Gasteiger partial charge in [-0.3, -0.25) is 0 Å². The molecule has 0 saturated heterocycles. The van der Waals surface area contributed by atoms with Crippen LogP contribution in [-0.2, 0) is 0 Å². The van der Waals surface area contributed by atoms with Crippen LogP contribution >= 0.6 is 15.9 Å². The highest BCUT2D eigenvalue weighted by Gasteiger charge is 2.12. The Morgan fingerprint density at radius 3 is 2.33 bits per heavy atom. The molecule has 0 radical (unpaired) electrons. The van der Waals surface area contributed by atoms with Crippen LogP contribution in [-0.4, -0.2) is 30.2 Å². The molecule has 0 amide bonds. The van der Waals surface area contributed by atoms with Crippen LogP contribution in [0.3, 0.4) is 0 Å². The van der Waals surface area contributed by atoms with Crippen molar-refractivity contribution in [3.8, 4) is 5.88 Å². The van der Waals surface area contributed by atoms with Crippen molar-refractivity contribution in [1.82, 2.24) is 9.97 Å². The lowest BCUT2D eigenvalue weighted by Crippen LogP contribution is -2.24. The zero-order valence-electron chi connectivity index (χ0n) is 9.54. The first-order valence-electron chi connectivity index (χ1n) is 4.97. The van der Waals surface area contributed by atoms with Crippen molar-refractivity contribution in [1.29, 1.82) is 0 Å². The van der Waals surface area contributed by atoms with Crippen LogP contribution in [0.15, 0.2) is 4.47 Å². The molecular weight excluding hydrogens is 258 g/mol. The van der Waals surface area contributed by atoms with Crippen LogP contribution in [0.1, 0.15) is 19.5 Å². The van der Waals surface area contributed by atoms with E-state index in [1.807, 2.05) is 6.92 Å². The Morgan fingerprint density at radius 2 is 1.87 bits per heavy atom. The van der Waals surface area contributed by atoms with Crippen LogP contribution in [0.4, 0.5) is 5.95 Å². The monoisotopic (exact) mass is 273 g/mol. The third-order valence-electron chi connectivity index (χ3n) is 2.21. The molecule has 0 fully saturated rings. The van der Waals surface area contributed by atoms with E-state index in [2.05, 4.69) is 44.6 Å². The number of methoxy groups -OCH3 is 1. The van der Waals surface area contributed by atoms with Crippen molar-refractivity contribution in [3.05, 3.63) is 10.2 Å². The smallest absolute Gasteiger partial charge is 0.232 e. The second-order valence-corrected chi connectivity index (χ2v) is 3.90. The Bertz CT molecular complexity index is 340. The van der Waals surface area contributed by atoms with Crippen LogP contribution in [0, 0.1) is 6.92 Å². The van der Waals surface area contributed by atoms with Gasteiger partial charge in [-0.25, -0.2) is 4.98 Å². The molecule has 0 aliphatic rings. The second-order valence-electron chi connectivity index (χ2n) is 3.10. The minimum Gasteiger partial charge on any atom is -0.480 e. The summed E-state index contributed by atoms with van der Waals surface area (Å²) in [5, 5.41) is 0. The molecule has 15 heavy (non-hydrogen) atoms. The highest BCUT2D eigenvalue weighted by Crippen LogP contribution is 2.27. The number of aryl methyl sites for hydroxylation is 1. The summed E-state index contributed by atoms with van der Waals surface area (Å²) in [6.45, 7) is 7.87. The fourth-order valence-corrected chi connectivity index (χ4v) is 1.64. The van der Waals surface area contributed by atoms with Crippen molar-refractivity contribution in [2.24, 2.45) is 0 Å². The van der Waals surface area contributed by atoms with Crippen molar-refractivity contribution >= 4 is 21.9 Å². The molecule has 1 aromatic rings. The van der Waals surface area contributed by atoms with Gasteiger partial charge < -0.3 is 9.64 Å². The first kappa shape index (κ1) is 12.2. The number of nitrogens with zero attached hydrogens (tertiary/aromatic N) is 3. The van der Waals surface area contributed by atoms with E-state index in [4.69, 9.17) is 4.74 Å². The number of anilines is 1. The molecule has 1 aromatic heterocycles. The first-order valence-corrected chi connectivity index (χ1v) is 5.76. The average molecular weight is 274 g/mol. The van der Waals surface area contributed by atoms with Crippen molar-refractivity contribution in [2.75, 3.05) is 25.1 Å². The number of halogens is 1. The normalized spacial score (nSPS) is 10.2. The molecule has 0 spiro atoms. The second kappa shape index (κ2) is 5.30. The highest BCUT2D eigenvalue weighted by atomic mass is 79.9. The molecule has 1 rings (SSSR count). The van der Waals surface area contributed by atoms with Gasteiger partial charge in [0.2, 0.25) is 11.8 Å². The summed E-state index contributed by atoms with van der Waals surface area (Å²) in [6.07, 6.45) is 0. The number of hydrogen-bond donors (Lipinski definition) is 0. The van der Waals surface area contributed by atoms with E-state index in [1.54, 1.807) is 7.11 Å². The molecule has 1 heterocycles. The molecule has 0 aromatic carbocycles. The zero-order chi connectivity index (χ0) is 11.4. The SMILES string of the molecule is CCN(CC)c1nc(C)c(Br)c(OC)n1. The standard InChI is InChI=1S/C10H16BrN3O/c1-5-14(6-2)10-12-7(3)8(11)9(13-10)15-4/h5-6H2,1-4H3. The number of aromatic nitrogens is 2. The Morgan fingerprint density at radius 1 is 1.27 bits per heavy atom. The summed E-state index contributed by atoms with van der Waals surface area (Å²) in [5.74, 6) is 1.31. The van der Waals surface area contributed by atoms with E-state index in [-0.39, 0.29) is 0 Å². The lowest BCUT2D eigenvalue weighted by atomic mass is 10.4. The fourth-order valence-electron chi connectivity index (χ4n) is 1.30. The van der Waals surface area contributed by atoms with Gasteiger partial charge in [0.1, 0.15) is 4.47 Å². The number of ether oxygens (including phenoxy) is 1. The minimum atomic E-state index is 0.587. The van der Waals surface area contributed by atoms with Gasteiger partial charge in [-0.05, 0) is 36.7 Å². The fraction of sp³-hybridized carbons (Fsp3) is 0.600. The summed E-state index contributed by atoms with van der Waals surface area (Å²) >= 11 is 3.40. The van der Waals surface area contributed by atoms with Crippen molar-refractivity contribution in [3.63, 3.8) is 0 Å². The van der Waals surface area contributed by atoms with E-state index >= 15 is 0 Å². The van der Waals surface area contributed by atoms with Gasteiger partial charge in [0, 0.05) is 13.1 Å². The molecule has 0 unspecified atom stereocenters. The molecule has 5 heteroatoms. The number of hydrogen-bond acceptors (Lipinski definition) is 4.